The minimum Gasteiger partial charge on any atom is -0.467 e. The second-order valence-corrected chi connectivity index (χ2v) is 11.2. The van der Waals surface area contributed by atoms with Crippen molar-refractivity contribution in [2.24, 2.45) is 0 Å². The number of aromatic nitrogens is 1. The zero-order chi connectivity index (χ0) is 29.6. The topological polar surface area (TPSA) is 83.6 Å². The first-order valence-corrected chi connectivity index (χ1v) is 14.9. The van der Waals surface area contributed by atoms with Crippen LogP contribution in [0.2, 0.25) is 0 Å². The molecule has 1 fully saturated rings. The maximum Gasteiger partial charge on any atom is 0.328 e. The highest BCUT2D eigenvalue weighted by Gasteiger charge is 2.30. The Hall–Kier alpha value is -3.44. The van der Waals surface area contributed by atoms with E-state index in [1.165, 1.54) is 37.5 Å². The van der Waals surface area contributed by atoms with Crippen LogP contribution in [0.1, 0.15) is 66.5 Å². The third-order valence-electron chi connectivity index (χ3n) is 7.29. The first-order valence-electron chi connectivity index (χ1n) is 13.6. The van der Waals surface area contributed by atoms with Crippen molar-refractivity contribution in [2.45, 2.75) is 57.4 Å². The van der Waals surface area contributed by atoms with E-state index in [0.717, 1.165) is 17.8 Å². The average molecular weight is 601 g/mol. The van der Waals surface area contributed by atoms with E-state index >= 15 is 0 Å². The van der Waals surface area contributed by atoms with E-state index in [9.17, 15) is 18.4 Å². The lowest BCUT2D eigenvalue weighted by atomic mass is 9.97. The molecule has 11 heteroatoms. The van der Waals surface area contributed by atoms with Crippen LogP contribution in [-0.4, -0.2) is 53.1 Å². The molecule has 0 aliphatic carbocycles. The maximum atomic E-state index is 14.3. The average Bonchev–Trinajstić information content (AvgIpc) is 3.50. The van der Waals surface area contributed by atoms with Crippen LogP contribution in [0.4, 0.5) is 14.5 Å². The van der Waals surface area contributed by atoms with E-state index in [0.29, 0.717) is 47.1 Å². The van der Waals surface area contributed by atoms with Crippen LogP contribution in [-0.2, 0) is 15.5 Å². The van der Waals surface area contributed by atoms with Gasteiger partial charge >= 0.3 is 5.97 Å². The standard InChI is InChI=1S/C30H34F2N4O3S2/c1-4-23(28(38)39-3)35-29(40)36-15-13-19(14-16-36)27-34-25(18-41-27)26(37)33-24-12-7-6-11-22(24)20-9-8-10-21(17-20)30(31,32)5-2/h6-12,17-19,23H,4-5,13-16H2,1-3H3,(H,33,37)(H,35,40). The molecule has 4 rings (SSSR count). The zero-order valence-electron chi connectivity index (χ0n) is 23.3. The number of thiocarbonyl (C=S) groups is 1. The van der Waals surface area contributed by atoms with E-state index in [4.69, 9.17) is 17.0 Å². The van der Waals surface area contributed by atoms with Gasteiger partial charge in [-0.25, -0.2) is 18.6 Å². The van der Waals surface area contributed by atoms with Crippen molar-refractivity contribution in [3.63, 3.8) is 0 Å². The van der Waals surface area contributed by atoms with Crippen molar-refractivity contribution in [3.05, 3.63) is 70.2 Å². The number of halogens is 2. The molecule has 1 atom stereocenters. The number of rotatable bonds is 9. The fourth-order valence-corrected chi connectivity index (χ4v) is 6.06. The molecule has 0 bridgehead atoms. The van der Waals surface area contributed by atoms with Crippen molar-refractivity contribution >= 4 is 46.2 Å². The number of carbonyl (C=O) groups is 2. The highest BCUT2D eigenvalue weighted by atomic mass is 32.1. The predicted octanol–water partition coefficient (Wildman–Crippen LogP) is 6.57. The maximum absolute atomic E-state index is 14.3. The summed E-state index contributed by atoms with van der Waals surface area (Å²) in [6.45, 7) is 4.76. The summed E-state index contributed by atoms with van der Waals surface area (Å²) in [5.74, 6) is -3.43. The second-order valence-electron chi connectivity index (χ2n) is 9.90. The van der Waals surface area contributed by atoms with E-state index < -0.39 is 12.0 Å². The van der Waals surface area contributed by atoms with Crippen molar-refractivity contribution < 1.29 is 23.1 Å². The number of likely N-dealkylation sites (tertiary alicyclic amines) is 1. The van der Waals surface area contributed by atoms with Gasteiger partial charge in [-0.15, -0.1) is 11.3 Å². The summed E-state index contributed by atoms with van der Waals surface area (Å²) < 4.78 is 33.5. The number of anilines is 1. The normalized spacial score (nSPS) is 14.8. The molecule has 0 saturated carbocycles. The summed E-state index contributed by atoms with van der Waals surface area (Å²) in [6.07, 6.45) is 1.90. The molecular formula is C30H34F2N4O3S2. The summed E-state index contributed by atoms with van der Waals surface area (Å²) in [5.41, 5.74) is 2.03. The number of methoxy groups -OCH3 is 1. The lowest BCUT2D eigenvalue weighted by Gasteiger charge is -2.34. The number of hydrogen-bond donors (Lipinski definition) is 2. The van der Waals surface area contributed by atoms with Gasteiger partial charge in [0.2, 0.25) is 0 Å². The molecule has 1 aromatic heterocycles. The Bertz CT molecular complexity index is 1390. The Morgan fingerprint density at radius 1 is 1.17 bits per heavy atom. The summed E-state index contributed by atoms with van der Waals surface area (Å²) in [4.78, 5) is 31.7. The Balaban J connectivity index is 1.40. The van der Waals surface area contributed by atoms with E-state index in [1.54, 1.807) is 35.7 Å². The molecular weight excluding hydrogens is 566 g/mol. The number of benzene rings is 2. The molecule has 3 aromatic rings. The van der Waals surface area contributed by atoms with Crippen LogP contribution in [0.3, 0.4) is 0 Å². The number of para-hydroxylation sites is 1. The van der Waals surface area contributed by atoms with Crippen molar-refractivity contribution in [2.75, 3.05) is 25.5 Å². The molecule has 1 saturated heterocycles. The van der Waals surface area contributed by atoms with Crippen molar-refractivity contribution in [1.29, 1.82) is 0 Å². The number of thiazole rings is 1. The van der Waals surface area contributed by atoms with Crippen molar-refractivity contribution in [3.8, 4) is 11.1 Å². The Morgan fingerprint density at radius 2 is 1.90 bits per heavy atom. The zero-order valence-corrected chi connectivity index (χ0v) is 24.9. The van der Waals surface area contributed by atoms with Crippen LogP contribution in [0.5, 0.6) is 0 Å². The molecule has 1 aliphatic rings. The largest absolute Gasteiger partial charge is 0.467 e. The molecule has 2 N–H and O–H groups in total. The molecule has 2 heterocycles. The van der Waals surface area contributed by atoms with Crippen molar-refractivity contribution in [1.82, 2.24) is 15.2 Å². The number of alkyl halides is 2. The third kappa shape index (κ3) is 7.26. The van der Waals surface area contributed by atoms with Gasteiger partial charge in [0, 0.05) is 47.6 Å². The van der Waals surface area contributed by atoms with Gasteiger partial charge in [0.25, 0.3) is 11.8 Å². The van der Waals surface area contributed by atoms with E-state index in [1.807, 2.05) is 17.9 Å². The number of hydrogen-bond acceptors (Lipinski definition) is 6. The summed E-state index contributed by atoms with van der Waals surface area (Å²) in [7, 11) is 1.36. The number of piperidine rings is 1. The number of nitrogens with one attached hydrogen (secondary N) is 2. The van der Waals surface area contributed by atoms with Crippen LogP contribution in [0, 0.1) is 0 Å². The summed E-state index contributed by atoms with van der Waals surface area (Å²) in [6, 6.07) is 12.9. The molecule has 218 valence electrons. The summed E-state index contributed by atoms with van der Waals surface area (Å²) >= 11 is 6.97. The third-order valence-corrected chi connectivity index (χ3v) is 8.68. The Morgan fingerprint density at radius 3 is 2.59 bits per heavy atom. The molecule has 2 aromatic carbocycles. The Kier molecular flexibility index (Phi) is 10.0. The van der Waals surface area contributed by atoms with Crippen LogP contribution in [0.15, 0.2) is 53.9 Å². The molecule has 0 spiro atoms. The lowest BCUT2D eigenvalue weighted by Crippen LogP contribution is -2.49. The fraction of sp³-hybridized carbons (Fsp3) is 0.400. The number of amides is 1. The molecule has 7 nitrogen and oxygen atoms in total. The molecule has 1 unspecified atom stereocenters. The second kappa shape index (κ2) is 13.5. The molecule has 41 heavy (non-hydrogen) atoms. The van der Waals surface area contributed by atoms with E-state index in [2.05, 4.69) is 15.6 Å². The van der Waals surface area contributed by atoms with Gasteiger partial charge in [0.15, 0.2) is 5.11 Å². The highest BCUT2D eigenvalue weighted by Crippen LogP contribution is 2.36. The van der Waals surface area contributed by atoms with Crippen LogP contribution < -0.4 is 10.6 Å². The first kappa shape index (κ1) is 30.5. The van der Waals surface area contributed by atoms with Gasteiger partial charge in [-0.1, -0.05) is 50.2 Å². The molecule has 1 amide bonds. The van der Waals surface area contributed by atoms with Gasteiger partial charge in [-0.3, -0.25) is 4.79 Å². The quantitative estimate of drug-likeness (QED) is 0.212. The molecule has 1 aliphatic heterocycles. The fourth-order valence-electron chi connectivity index (χ4n) is 4.77. The van der Waals surface area contributed by atoms with E-state index in [-0.39, 0.29) is 29.8 Å². The van der Waals surface area contributed by atoms with Gasteiger partial charge in [0.1, 0.15) is 11.7 Å². The minimum absolute atomic E-state index is 0.0565. The number of carbonyl (C=O) groups excluding carboxylic acids is 2. The summed E-state index contributed by atoms with van der Waals surface area (Å²) in [5, 5.41) is 9.18. The smallest absolute Gasteiger partial charge is 0.328 e. The van der Waals surface area contributed by atoms with Gasteiger partial charge < -0.3 is 20.3 Å². The predicted molar refractivity (Wildman–Crippen MR) is 162 cm³/mol. The van der Waals surface area contributed by atoms with Crippen LogP contribution in [0.25, 0.3) is 11.1 Å². The number of esters is 1. The Labute approximate surface area is 248 Å². The van der Waals surface area contributed by atoms with Gasteiger partial charge in [0.05, 0.1) is 12.1 Å². The molecule has 0 radical (unpaired) electrons. The lowest BCUT2D eigenvalue weighted by molar-refractivity contribution is -0.142. The SMILES string of the molecule is CCC(NC(=S)N1CCC(c2nc(C(=O)Nc3ccccc3-c3cccc(C(F)(F)CC)c3)cs2)CC1)C(=O)OC. The first-order chi connectivity index (χ1) is 19.7. The van der Waals surface area contributed by atoms with Gasteiger partial charge in [-0.2, -0.15) is 0 Å². The monoisotopic (exact) mass is 600 g/mol. The highest BCUT2D eigenvalue weighted by molar-refractivity contribution is 7.80. The minimum atomic E-state index is -2.93. The van der Waals surface area contributed by atoms with Crippen LogP contribution >= 0.6 is 23.6 Å². The van der Waals surface area contributed by atoms with Gasteiger partial charge in [-0.05, 0) is 49.2 Å². The number of nitrogens with zero attached hydrogens (tertiary/aromatic N) is 2. The number of ether oxygens (including phenoxy) is 1.